The molecule has 0 saturated heterocycles. The quantitative estimate of drug-likeness (QED) is 0.134. The molecule has 0 radical (unpaired) electrons. The summed E-state index contributed by atoms with van der Waals surface area (Å²) in [7, 11) is -1.48. The van der Waals surface area contributed by atoms with E-state index in [2.05, 4.69) is 323 Å². The molecule has 110 heavy (non-hydrogen) atoms. The number of aromatic nitrogens is 4. The normalized spacial score (nSPS) is 11.6. The van der Waals surface area contributed by atoms with Gasteiger partial charge in [-0.2, -0.15) is 0 Å². The van der Waals surface area contributed by atoms with E-state index in [1.807, 2.05) is 83.7 Å². The van der Waals surface area contributed by atoms with Crippen LogP contribution in [0.1, 0.15) is 0 Å². The number of rotatable bonds is 10. The summed E-state index contributed by atoms with van der Waals surface area (Å²) >= 11 is 3.43. The fourth-order valence-electron chi connectivity index (χ4n) is 17.0. The molecule has 2 aliphatic rings. The van der Waals surface area contributed by atoms with Gasteiger partial charge >= 0.3 is 7.12 Å². The van der Waals surface area contributed by atoms with Crippen LogP contribution in [0.4, 0.5) is 0 Å². The van der Waals surface area contributed by atoms with Crippen LogP contribution in [0.2, 0.25) is 0 Å². The molecule has 2 N–H and O–H groups in total. The van der Waals surface area contributed by atoms with Crippen LogP contribution in [0.3, 0.4) is 0 Å². The van der Waals surface area contributed by atoms with Crippen LogP contribution >= 0.6 is 15.9 Å². The molecule has 0 atom stereocenters. The van der Waals surface area contributed by atoms with Gasteiger partial charge in [0.25, 0.3) is 0 Å². The zero-order chi connectivity index (χ0) is 73.3. The van der Waals surface area contributed by atoms with Gasteiger partial charge < -0.3 is 18.8 Å². The molecule has 2 aliphatic carbocycles. The molecule has 22 rings (SSSR count). The van der Waals surface area contributed by atoms with Gasteiger partial charge in [0.15, 0.2) is 0 Å². The maximum atomic E-state index is 9.61. The van der Waals surface area contributed by atoms with Crippen LogP contribution in [-0.4, -0.2) is 35.9 Å². The Balaban J connectivity index is 0.000000122. The number of benzene rings is 16. The second-order valence-corrected chi connectivity index (χ2v) is 29.1. The Labute approximate surface area is 645 Å². The van der Waals surface area contributed by atoms with E-state index in [1.165, 1.54) is 154 Å². The van der Waals surface area contributed by atoms with Crippen molar-refractivity contribution in [1.82, 2.24) is 18.8 Å². The van der Waals surface area contributed by atoms with E-state index in [0.717, 1.165) is 49.4 Å². The van der Waals surface area contributed by atoms with Crippen molar-refractivity contribution in [2.45, 2.75) is 0 Å². The first kappa shape index (κ1) is 65.9. The van der Waals surface area contributed by atoms with Crippen LogP contribution in [0, 0.1) is 0 Å². The lowest BCUT2D eigenvalue weighted by atomic mass is 9.79. The van der Waals surface area contributed by atoms with E-state index in [0.29, 0.717) is 5.46 Å². The largest absolute Gasteiger partial charge is 0.488 e. The highest BCUT2D eigenvalue weighted by atomic mass is 79.9. The second-order valence-electron chi connectivity index (χ2n) is 28.2. The van der Waals surface area contributed by atoms with Crippen LogP contribution < -0.4 is 5.46 Å². The van der Waals surface area contributed by atoms with Crippen molar-refractivity contribution in [3.8, 4) is 145 Å². The third-order valence-electron chi connectivity index (χ3n) is 21.9. The second kappa shape index (κ2) is 27.6. The van der Waals surface area contributed by atoms with Crippen molar-refractivity contribution >= 4 is 82.9 Å². The standard InChI is InChI=1S/C51H32N2.C38H25BO2.C13H9BrN2/c1-3-12-37(13-4-1)47-41-16-7-8-17-42(41)48(38-14-5-2-6-15-38)51-44-30-29-39(40-18-11-19-43(49(40)44)50(47)51)35-25-21-33(22-26-35)34-23-27-36(28-24-34)45-32-53-31-10-9-20-46(53)52-45;40-39(41)27-20-18-24(19-21-27)28-22-23-33-36-29(28)16-9-17-32(36)37-34(25-10-3-1-4-11-25)30-14-7-8-15-31(30)35(38(33)37)26-12-5-2-6-13-26;14-11-6-4-10(5-7-11)12-9-16-8-2-1-3-13(16)15-12/h1-32H;1-23,40-41H;1-9H. The van der Waals surface area contributed by atoms with E-state index in [4.69, 9.17) is 4.98 Å². The van der Waals surface area contributed by atoms with Crippen molar-refractivity contribution < 1.29 is 10.0 Å². The molecule has 20 aromatic rings. The van der Waals surface area contributed by atoms with Gasteiger partial charge in [-0.15, -0.1) is 0 Å². The minimum absolute atomic E-state index is 0.485. The Hall–Kier alpha value is -13.6. The summed E-state index contributed by atoms with van der Waals surface area (Å²) in [4.78, 5) is 9.36. The molecule has 4 heterocycles. The van der Waals surface area contributed by atoms with E-state index in [9.17, 15) is 10.0 Å². The van der Waals surface area contributed by atoms with Crippen LogP contribution in [-0.2, 0) is 0 Å². The van der Waals surface area contributed by atoms with Gasteiger partial charge in [-0.05, 0) is 207 Å². The number of hydrogen-bond acceptors (Lipinski definition) is 4. The first-order valence-electron chi connectivity index (χ1n) is 37.2. The predicted octanol–water partition coefficient (Wildman–Crippen LogP) is 25.7. The van der Waals surface area contributed by atoms with Gasteiger partial charge in [0, 0.05) is 40.4 Å². The molecule has 16 aromatic carbocycles. The third kappa shape index (κ3) is 11.4. The summed E-state index contributed by atoms with van der Waals surface area (Å²) in [6.07, 6.45) is 8.17. The van der Waals surface area contributed by atoms with Crippen molar-refractivity contribution in [1.29, 1.82) is 0 Å². The highest BCUT2D eigenvalue weighted by Crippen LogP contribution is 2.61. The van der Waals surface area contributed by atoms with Gasteiger partial charge in [-0.25, -0.2) is 9.97 Å². The number of fused-ring (bicyclic) bond motifs is 10. The van der Waals surface area contributed by atoms with Crippen LogP contribution in [0.25, 0.3) is 199 Å². The summed E-state index contributed by atoms with van der Waals surface area (Å²) in [6, 6.07) is 129. The molecular weight excluding hydrogens is 1400 g/mol. The fourth-order valence-corrected chi connectivity index (χ4v) is 17.3. The molecular formula is C102H66BBrN4O2. The zero-order valence-electron chi connectivity index (χ0n) is 59.6. The maximum Gasteiger partial charge on any atom is 0.488 e. The minimum Gasteiger partial charge on any atom is -0.423 e. The Kier molecular flexibility index (Phi) is 16.6. The maximum absolute atomic E-state index is 9.61. The fraction of sp³-hybridized carbons (Fsp3) is 0. The third-order valence-corrected chi connectivity index (χ3v) is 22.5. The van der Waals surface area contributed by atoms with Crippen LogP contribution in [0.5, 0.6) is 0 Å². The molecule has 0 unspecified atom stereocenters. The SMILES string of the molecule is Brc1ccc(-c2cn3ccccc3n2)cc1.OB(O)c1ccc(-c2ccc3c4c(cccc24)-c2c-3c(-c3ccccc3)c3ccccc3c2-c2ccccc2)cc1.c1ccc(-c2c3c(c(-c4ccccc4)c4ccccc24)-c2ccc(-c4ccc(-c5ccc(-c6cn7ccccc7n6)cc5)cc4)c4cccc-3c24)cc1. The molecule has 8 heteroatoms. The summed E-state index contributed by atoms with van der Waals surface area (Å²) in [6.45, 7) is 0. The summed E-state index contributed by atoms with van der Waals surface area (Å²) < 4.78 is 5.17. The molecule has 4 aromatic heterocycles. The molecule has 0 aliphatic heterocycles. The van der Waals surface area contributed by atoms with Gasteiger partial charge in [0.2, 0.25) is 0 Å². The highest BCUT2D eigenvalue weighted by Gasteiger charge is 2.34. The van der Waals surface area contributed by atoms with Crippen LogP contribution in [0.15, 0.2) is 393 Å². The highest BCUT2D eigenvalue weighted by molar-refractivity contribution is 9.10. The number of halogens is 1. The topological polar surface area (TPSA) is 75.1 Å². The average Bonchev–Trinajstić information content (AvgIpc) is 1.54. The molecule has 0 saturated carbocycles. The Bertz CT molecular complexity index is 6700. The first-order valence-corrected chi connectivity index (χ1v) is 38.0. The molecule has 516 valence electrons. The molecule has 6 nitrogen and oxygen atoms in total. The Morgan fingerprint density at radius 1 is 0.227 bits per heavy atom. The first-order chi connectivity index (χ1) is 54.3. The lowest BCUT2D eigenvalue weighted by Crippen LogP contribution is -2.29. The Morgan fingerprint density at radius 2 is 0.518 bits per heavy atom. The summed E-state index contributed by atoms with van der Waals surface area (Å²) in [5.74, 6) is 0. The minimum atomic E-state index is -1.48. The van der Waals surface area contributed by atoms with E-state index >= 15 is 0 Å². The molecule has 0 amide bonds. The van der Waals surface area contributed by atoms with Crippen molar-refractivity contribution in [3.63, 3.8) is 0 Å². The zero-order valence-corrected chi connectivity index (χ0v) is 61.2. The van der Waals surface area contributed by atoms with Crippen molar-refractivity contribution in [3.05, 3.63) is 393 Å². The molecule has 0 spiro atoms. The van der Waals surface area contributed by atoms with E-state index in [1.54, 1.807) is 12.1 Å². The number of pyridine rings is 2. The van der Waals surface area contributed by atoms with Gasteiger partial charge in [0.1, 0.15) is 11.3 Å². The number of nitrogens with zero attached hydrogens (tertiary/aromatic N) is 4. The van der Waals surface area contributed by atoms with Crippen molar-refractivity contribution in [2.75, 3.05) is 0 Å². The lowest BCUT2D eigenvalue weighted by Gasteiger charge is -2.20. The van der Waals surface area contributed by atoms with Crippen molar-refractivity contribution in [2.24, 2.45) is 0 Å². The smallest absolute Gasteiger partial charge is 0.423 e. The predicted molar refractivity (Wildman–Crippen MR) is 462 cm³/mol. The lowest BCUT2D eigenvalue weighted by molar-refractivity contribution is 0.426. The number of imidazole rings is 2. The van der Waals surface area contributed by atoms with E-state index in [-0.39, 0.29) is 0 Å². The summed E-state index contributed by atoms with van der Waals surface area (Å²) in [5.41, 5.74) is 34.0. The van der Waals surface area contributed by atoms with E-state index < -0.39 is 7.12 Å². The number of hydrogen-bond donors (Lipinski definition) is 2. The average molecular weight is 1470 g/mol. The Morgan fingerprint density at radius 3 is 0.873 bits per heavy atom. The van der Waals surface area contributed by atoms with Gasteiger partial charge in [0.05, 0.1) is 11.4 Å². The van der Waals surface area contributed by atoms with Gasteiger partial charge in [-0.1, -0.05) is 344 Å². The molecule has 0 bridgehead atoms. The summed E-state index contributed by atoms with van der Waals surface area (Å²) in [5, 5.41) is 29.3. The monoisotopic (exact) mass is 1470 g/mol. The van der Waals surface area contributed by atoms with Gasteiger partial charge in [-0.3, -0.25) is 0 Å². The molecule has 0 fully saturated rings.